The van der Waals surface area contributed by atoms with Gasteiger partial charge in [0.1, 0.15) is 10.7 Å². The Morgan fingerprint density at radius 1 is 0.886 bits per heavy atom. The van der Waals surface area contributed by atoms with Crippen LogP contribution in [0.3, 0.4) is 0 Å². The summed E-state index contributed by atoms with van der Waals surface area (Å²) in [5.74, 6) is -0.788. The van der Waals surface area contributed by atoms with E-state index in [1.807, 2.05) is 37.3 Å². The summed E-state index contributed by atoms with van der Waals surface area (Å²) in [5, 5.41) is 2.74. The number of nitrogens with one attached hydrogen (secondary N) is 1. The van der Waals surface area contributed by atoms with Gasteiger partial charge in [-0.1, -0.05) is 54.1 Å². The molecule has 0 radical (unpaired) electrons. The Bertz CT molecular complexity index is 1270. The van der Waals surface area contributed by atoms with Crippen molar-refractivity contribution >= 4 is 35.1 Å². The van der Waals surface area contributed by atoms with E-state index in [9.17, 15) is 14.4 Å². The summed E-state index contributed by atoms with van der Waals surface area (Å²) in [4.78, 5) is 39.1. The van der Waals surface area contributed by atoms with Crippen LogP contribution in [0.15, 0.2) is 89.6 Å². The SMILES string of the molecule is CCOc1ccccc1OC(=O)c1ccc(NC2=C(Cl)C(=O)N(CCc3ccccc3)C2=O)cc1. The van der Waals surface area contributed by atoms with Crippen LogP contribution in [0.2, 0.25) is 0 Å². The monoisotopic (exact) mass is 490 g/mol. The van der Waals surface area contributed by atoms with Crippen molar-refractivity contribution in [3.63, 3.8) is 0 Å². The number of halogens is 1. The number of ether oxygens (including phenoxy) is 2. The summed E-state index contributed by atoms with van der Waals surface area (Å²) in [6.07, 6.45) is 0.527. The van der Waals surface area contributed by atoms with Crippen molar-refractivity contribution in [2.24, 2.45) is 0 Å². The molecular formula is C27H23ClN2O5. The van der Waals surface area contributed by atoms with Crippen molar-refractivity contribution < 1.29 is 23.9 Å². The quantitative estimate of drug-likeness (QED) is 0.264. The molecule has 3 aromatic rings. The first kappa shape index (κ1) is 24.0. The maximum atomic E-state index is 12.8. The number of rotatable bonds is 9. The Hall–Kier alpha value is -4.10. The normalized spacial score (nSPS) is 13.3. The van der Waals surface area contributed by atoms with Crippen molar-refractivity contribution in [1.29, 1.82) is 0 Å². The van der Waals surface area contributed by atoms with E-state index in [1.54, 1.807) is 48.5 Å². The fourth-order valence-electron chi connectivity index (χ4n) is 3.55. The summed E-state index contributed by atoms with van der Waals surface area (Å²) in [6.45, 7) is 2.51. The third-order valence-corrected chi connectivity index (χ3v) is 5.67. The van der Waals surface area contributed by atoms with Gasteiger partial charge in [0.25, 0.3) is 11.8 Å². The third kappa shape index (κ3) is 5.53. The molecule has 0 saturated heterocycles. The highest BCUT2D eigenvalue weighted by molar-refractivity contribution is 6.48. The minimum atomic E-state index is -0.555. The maximum Gasteiger partial charge on any atom is 0.343 e. The first-order valence-electron chi connectivity index (χ1n) is 11.1. The predicted molar refractivity (Wildman–Crippen MR) is 132 cm³/mol. The number of esters is 1. The number of nitrogens with zero attached hydrogens (tertiary/aromatic N) is 1. The highest BCUT2D eigenvalue weighted by Gasteiger charge is 2.37. The van der Waals surface area contributed by atoms with E-state index in [1.165, 1.54) is 0 Å². The summed E-state index contributed by atoms with van der Waals surface area (Å²) in [5.41, 5.74) is 1.82. The zero-order valence-electron chi connectivity index (χ0n) is 19.0. The smallest absolute Gasteiger partial charge is 0.343 e. The van der Waals surface area contributed by atoms with Gasteiger partial charge in [-0.15, -0.1) is 0 Å². The standard InChI is InChI=1S/C27H23ClN2O5/c1-2-34-21-10-6-7-11-22(21)35-27(33)19-12-14-20(15-13-19)29-24-23(28)25(31)30(26(24)32)17-16-18-8-4-3-5-9-18/h3-15,29H,2,16-17H2,1H3. The van der Waals surface area contributed by atoms with E-state index < -0.39 is 17.8 Å². The molecule has 1 heterocycles. The van der Waals surface area contributed by atoms with Crippen LogP contribution in [0.25, 0.3) is 0 Å². The fraction of sp³-hybridized carbons (Fsp3) is 0.148. The lowest BCUT2D eigenvalue weighted by Gasteiger charge is -2.15. The first-order chi connectivity index (χ1) is 17.0. The van der Waals surface area contributed by atoms with E-state index in [-0.39, 0.29) is 17.3 Å². The fourth-order valence-corrected chi connectivity index (χ4v) is 3.78. The first-order valence-corrected chi connectivity index (χ1v) is 11.5. The molecule has 1 N–H and O–H groups in total. The molecule has 2 amide bonds. The second-order valence-corrected chi connectivity index (χ2v) is 8.04. The van der Waals surface area contributed by atoms with Crippen LogP contribution in [-0.2, 0) is 16.0 Å². The van der Waals surface area contributed by atoms with Gasteiger partial charge in [-0.05, 0) is 55.3 Å². The molecule has 8 heteroatoms. The maximum absolute atomic E-state index is 12.8. The number of anilines is 1. The van der Waals surface area contributed by atoms with Crippen LogP contribution in [0, 0.1) is 0 Å². The molecule has 1 aliphatic rings. The highest BCUT2D eigenvalue weighted by atomic mass is 35.5. The van der Waals surface area contributed by atoms with Crippen LogP contribution in [-0.4, -0.2) is 35.8 Å². The number of imide groups is 1. The number of carbonyl (C=O) groups is 3. The average molecular weight is 491 g/mol. The molecule has 0 unspecified atom stereocenters. The Morgan fingerprint density at radius 2 is 1.54 bits per heavy atom. The number of benzene rings is 3. The van der Waals surface area contributed by atoms with E-state index in [4.69, 9.17) is 21.1 Å². The molecule has 0 fully saturated rings. The van der Waals surface area contributed by atoms with Gasteiger partial charge in [-0.3, -0.25) is 14.5 Å². The lowest BCUT2D eigenvalue weighted by atomic mass is 10.1. The lowest BCUT2D eigenvalue weighted by molar-refractivity contribution is -0.137. The van der Waals surface area contributed by atoms with Crippen molar-refractivity contribution in [3.8, 4) is 11.5 Å². The molecule has 7 nitrogen and oxygen atoms in total. The molecule has 178 valence electrons. The van der Waals surface area contributed by atoms with E-state index in [0.29, 0.717) is 35.8 Å². The Labute approximate surface area is 207 Å². The van der Waals surface area contributed by atoms with Crippen molar-refractivity contribution in [2.45, 2.75) is 13.3 Å². The van der Waals surface area contributed by atoms with Gasteiger partial charge in [0.15, 0.2) is 11.5 Å². The van der Waals surface area contributed by atoms with Gasteiger partial charge < -0.3 is 14.8 Å². The summed E-state index contributed by atoms with van der Waals surface area (Å²) in [6, 6.07) is 22.8. The van der Waals surface area contributed by atoms with Crippen molar-refractivity contribution in [3.05, 3.63) is 101 Å². The number of carbonyl (C=O) groups excluding carboxylic acids is 3. The number of amides is 2. The Morgan fingerprint density at radius 3 is 2.23 bits per heavy atom. The molecule has 0 atom stereocenters. The molecule has 1 aliphatic heterocycles. The molecule has 0 saturated carbocycles. The van der Waals surface area contributed by atoms with Gasteiger partial charge in [0.05, 0.1) is 12.2 Å². The minimum Gasteiger partial charge on any atom is -0.490 e. The van der Waals surface area contributed by atoms with Gasteiger partial charge in [-0.25, -0.2) is 4.79 Å². The molecule has 35 heavy (non-hydrogen) atoms. The Kier molecular flexibility index (Phi) is 7.48. The van der Waals surface area contributed by atoms with Crippen LogP contribution in [0.5, 0.6) is 11.5 Å². The van der Waals surface area contributed by atoms with Gasteiger partial charge in [-0.2, -0.15) is 0 Å². The third-order valence-electron chi connectivity index (χ3n) is 5.32. The van der Waals surface area contributed by atoms with E-state index in [2.05, 4.69) is 5.32 Å². The average Bonchev–Trinajstić information content (AvgIpc) is 3.08. The van der Waals surface area contributed by atoms with Crippen LogP contribution < -0.4 is 14.8 Å². The zero-order valence-corrected chi connectivity index (χ0v) is 19.7. The summed E-state index contributed by atoms with van der Waals surface area (Å²) in [7, 11) is 0. The minimum absolute atomic E-state index is 0.00527. The van der Waals surface area contributed by atoms with Crippen molar-refractivity contribution in [1.82, 2.24) is 4.90 Å². The topological polar surface area (TPSA) is 84.9 Å². The molecule has 0 aromatic heterocycles. The number of hydrogen-bond donors (Lipinski definition) is 1. The van der Waals surface area contributed by atoms with Crippen molar-refractivity contribution in [2.75, 3.05) is 18.5 Å². The second kappa shape index (κ2) is 10.9. The molecular weight excluding hydrogens is 468 g/mol. The number of hydrogen-bond acceptors (Lipinski definition) is 6. The van der Waals surface area contributed by atoms with E-state index >= 15 is 0 Å². The van der Waals surface area contributed by atoms with Crippen LogP contribution >= 0.6 is 11.6 Å². The summed E-state index contributed by atoms with van der Waals surface area (Å²) >= 11 is 6.18. The van der Waals surface area contributed by atoms with Gasteiger partial charge >= 0.3 is 5.97 Å². The highest BCUT2D eigenvalue weighted by Crippen LogP contribution is 2.28. The molecule has 0 spiro atoms. The molecule has 3 aromatic carbocycles. The predicted octanol–water partition coefficient (Wildman–Crippen LogP) is 4.78. The van der Waals surface area contributed by atoms with Gasteiger partial charge in [0.2, 0.25) is 0 Å². The van der Waals surface area contributed by atoms with E-state index in [0.717, 1.165) is 10.5 Å². The largest absolute Gasteiger partial charge is 0.490 e. The number of para-hydroxylation sites is 2. The van der Waals surface area contributed by atoms with Crippen LogP contribution in [0.1, 0.15) is 22.8 Å². The van der Waals surface area contributed by atoms with Crippen LogP contribution in [0.4, 0.5) is 5.69 Å². The lowest BCUT2D eigenvalue weighted by Crippen LogP contribution is -2.34. The zero-order chi connectivity index (χ0) is 24.8. The molecule has 0 aliphatic carbocycles. The molecule has 0 bridgehead atoms. The summed E-state index contributed by atoms with van der Waals surface area (Å²) < 4.78 is 10.9. The van der Waals surface area contributed by atoms with Gasteiger partial charge in [0, 0.05) is 12.2 Å². The Balaban J connectivity index is 1.40. The second-order valence-electron chi connectivity index (χ2n) is 7.66. The molecule has 4 rings (SSSR count).